The molecule has 2 aliphatic heterocycles. The number of amidine groups is 1. The normalized spacial score (nSPS) is 18.6. The molecule has 8 heteroatoms. The van der Waals surface area contributed by atoms with Gasteiger partial charge >= 0.3 is 11.9 Å². The van der Waals surface area contributed by atoms with Crippen molar-refractivity contribution < 1.29 is 24.2 Å². The number of aromatic hydroxyl groups is 1. The van der Waals surface area contributed by atoms with Gasteiger partial charge in [-0.15, -0.1) is 0 Å². The van der Waals surface area contributed by atoms with Gasteiger partial charge in [-0.1, -0.05) is 23.9 Å². The molecule has 0 aromatic heterocycles. The van der Waals surface area contributed by atoms with Crippen LogP contribution in [0.25, 0.3) is 0 Å². The summed E-state index contributed by atoms with van der Waals surface area (Å²) < 4.78 is 10.0. The summed E-state index contributed by atoms with van der Waals surface area (Å²) in [6.07, 6.45) is 0.0714. The van der Waals surface area contributed by atoms with Crippen LogP contribution in [0.1, 0.15) is 31.9 Å². The Labute approximate surface area is 161 Å². The number of nitrogens with zero attached hydrogens (tertiary/aromatic N) is 2. The van der Waals surface area contributed by atoms with Crippen molar-refractivity contribution in [2.45, 2.75) is 26.3 Å². The molecule has 0 spiro atoms. The molecule has 1 N–H and O–H groups in total. The van der Waals surface area contributed by atoms with E-state index in [0.717, 1.165) is 5.56 Å². The van der Waals surface area contributed by atoms with Gasteiger partial charge in [-0.05, 0) is 37.0 Å². The fourth-order valence-corrected chi connectivity index (χ4v) is 4.04. The Balaban J connectivity index is 2.06. The number of esters is 2. The Hall–Kier alpha value is -2.74. The Kier molecular flexibility index (Phi) is 5.55. The molecule has 142 valence electrons. The van der Waals surface area contributed by atoms with Crippen LogP contribution in [0.4, 0.5) is 0 Å². The van der Waals surface area contributed by atoms with Crippen LogP contribution >= 0.6 is 11.8 Å². The van der Waals surface area contributed by atoms with Crippen molar-refractivity contribution in [3.05, 3.63) is 52.2 Å². The Bertz CT molecular complexity index is 857. The lowest BCUT2D eigenvalue weighted by Gasteiger charge is -2.36. The number of rotatable bonds is 5. The molecule has 0 amide bonds. The molecule has 2 heterocycles. The summed E-state index contributed by atoms with van der Waals surface area (Å²) in [7, 11) is 1.32. The zero-order valence-corrected chi connectivity index (χ0v) is 16.1. The summed E-state index contributed by atoms with van der Waals surface area (Å²) >= 11 is 1.39. The number of phenols is 1. The average molecular weight is 388 g/mol. The van der Waals surface area contributed by atoms with Crippen LogP contribution in [0.15, 0.2) is 51.6 Å². The summed E-state index contributed by atoms with van der Waals surface area (Å²) in [4.78, 5) is 30.9. The van der Waals surface area contributed by atoms with Gasteiger partial charge in [0.05, 0.1) is 37.4 Å². The highest BCUT2D eigenvalue weighted by Gasteiger charge is 2.41. The number of fused-ring (bicyclic) bond motifs is 1. The van der Waals surface area contributed by atoms with Crippen molar-refractivity contribution >= 4 is 28.9 Å². The fourth-order valence-electron chi connectivity index (χ4n) is 3.07. The molecule has 2 aliphatic rings. The molecule has 27 heavy (non-hydrogen) atoms. The second kappa shape index (κ2) is 7.87. The van der Waals surface area contributed by atoms with E-state index in [1.807, 2.05) is 10.3 Å². The van der Waals surface area contributed by atoms with Crippen LogP contribution in [0.5, 0.6) is 5.75 Å². The van der Waals surface area contributed by atoms with Gasteiger partial charge in [-0.2, -0.15) is 0 Å². The highest BCUT2D eigenvalue weighted by Crippen LogP contribution is 2.45. The van der Waals surface area contributed by atoms with E-state index in [1.165, 1.54) is 18.9 Å². The van der Waals surface area contributed by atoms with Crippen LogP contribution in [0.2, 0.25) is 0 Å². The Morgan fingerprint density at radius 1 is 1.30 bits per heavy atom. The first-order chi connectivity index (χ1) is 13.0. The first kappa shape index (κ1) is 19.0. The summed E-state index contributed by atoms with van der Waals surface area (Å²) in [5.41, 5.74) is 2.43. The van der Waals surface area contributed by atoms with E-state index >= 15 is 0 Å². The summed E-state index contributed by atoms with van der Waals surface area (Å²) in [6.45, 7) is 3.81. The van der Waals surface area contributed by atoms with Crippen molar-refractivity contribution in [2.75, 3.05) is 13.7 Å². The third-order valence-electron chi connectivity index (χ3n) is 4.25. The molecule has 0 radical (unpaired) electrons. The number of benzene rings is 1. The molecule has 1 atom stereocenters. The lowest BCUT2D eigenvalue weighted by molar-refractivity contribution is -0.142. The number of phenolic OH excluding ortho intramolecular Hbond substituents is 1. The van der Waals surface area contributed by atoms with Crippen molar-refractivity contribution in [1.82, 2.24) is 4.90 Å². The van der Waals surface area contributed by atoms with Gasteiger partial charge in [0.25, 0.3) is 0 Å². The maximum Gasteiger partial charge on any atom is 0.338 e. The molecule has 3 rings (SSSR count). The van der Waals surface area contributed by atoms with Crippen LogP contribution in [-0.2, 0) is 19.1 Å². The Morgan fingerprint density at radius 2 is 2.00 bits per heavy atom. The maximum atomic E-state index is 12.5. The zero-order valence-electron chi connectivity index (χ0n) is 15.3. The third-order valence-corrected chi connectivity index (χ3v) is 5.13. The smallest absolute Gasteiger partial charge is 0.338 e. The number of allylic oxidation sites excluding steroid dienone is 1. The highest BCUT2D eigenvalue weighted by atomic mass is 32.2. The summed E-state index contributed by atoms with van der Waals surface area (Å²) in [5.74, 6) is -0.705. The molecule has 0 bridgehead atoms. The van der Waals surface area contributed by atoms with Crippen LogP contribution in [0, 0.1) is 0 Å². The number of methoxy groups -OCH3 is 1. The number of carbonyl (C=O) groups is 2. The van der Waals surface area contributed by atoms with E-state index in [-0.39, 0.29) is 18.1 Å². The molecule has 0 aliphatic carbocycles. The minimum Gasteiger partial charge on any atom is -0.508 e. The fraction of sp³-hybridized carbons (Fsp3) is 0.316. The van der Waals surface area contributed by atoms with Gasteiger partial charge in [0.2, 0.25) is 0 Å². The standard InChI is InChI=1S/C19H20N2O5S/c1-4-26-15(23)9-13-10-27-19-20-11(2)16(18(24)25-3)17(21(13)19)12-5-7-14(22)8-6-12/h5-8,10,17,22H,4,9H2,1-3H3. The van der Waals surface area contributed by atoms with Crippen molar-refractivity contribution in [3.8, 4) is 5.75 Å². The van der Waals surface area contributed by atoms with Crippen LogP contribution < -0.4 is 0 Å². The molecule has 1 aromatic rings. The second-order valence-electron chi connectivity index (χ2n) is 5.96. The predicted molar refractivity (Wildman–Crippen MR) is 102 cm³/mol. The highest BCUT2D eigenvalue weighted by molar-refractivity contribution is 8.16. The topological polar surface area (TPSA) is 88.4 Å². The number of hydrogen-bond donors (Lipinski definition) is 1. The number of carbonyl (C=O) groups excluding carboxylic acids is 2. The van der Waals surface area contributed by atoms with Gasteiger partial charge in [0.15, 0.2) is 5.17 Å². The van der Waals surface area contributed by atoms with Gasteiger partial charge in [0, 0.05) is 5.70 Å². The molecule has 7 nitrogen and oxygen atoms in total. The first-order valence-corrected chi connectivity index (χ1v) is 9.31. The second-order valence-corrected chi connectivity index (χ2v) is 6.79. The quantitative estimate of drug-likeness (QED) is 0.776. The molecule has 1 aromatic carbocycles. The first-order valence-electron chi connectivity index (χ1n) is 8.43. The third kappa shape index (κ3) is 3.71. The number of ether oxygens (including phenoxy) is 2. The SMILES string of the molecule is CCOC(=O)CC1=CSC2=NC(C)=C(C(=O)OC)C(c3ccc(O)cc3)N12. The number of thioether (sulfide) groups is 1. The van der Waals surface area contributed by atoms with Gasteiger partial charge in [0.1, 0.15) is 5.75 Å². The minimum absolute atomic E-state index is 0.0714. The summed E-state index contributed by atoms with van der Waals surface area (Å²) in [5, 5.41) is 12.2. The van der Waals surface area contributed by atoms with Crippen LogP contribution in [0.3, 0.4) is 0 Å². The molecule has 1 unspecified atom stereocenters. The molecule has 0 fully saturated rings. The molecule has 0 saturated carbocycles. The average Bonchev–Trinajstić information content (AvgIpc) is 3.03. The lowest BCUT2D eigenvalue weighted by atomic mass is 9.94. The Morgan fingerprint density at radius 3 is 2.63 bits per heavy atom. The van der Waals surface area contributed by atoms with E-state index in [0.29, 0.717) is 28.7 Å². The van der Waals surface area contributed by atoms with E-state index in [4.69, 9.17) is 9.47 Å². The van der Waals surface area contributed by atoms with Crippen LogP contribution in [-0.4, -0.2) is 40.8 Å². The molecule has 0 saturated heterocycles. The van der Waals surface area contributed by atoms with Gasteiger partial charge < -0.3 is 19.5 Å². The van der Waals surface area contributed by atoms with Crippen molar-refractivity contribution in [2.24, 2.45) is 4.99 Å². The summed E-state index contributed by atoms with van der Waals surface area (Å²) in [6, 6.07) is 6.08. The maximum absolute atomic E-state index is 12.5. The molecular weight excluding hydrogens is 368 g/mol. The largest absolute Gasteiger partial charge is 0.508 e. The van der Waals surface area contributed by atoms with E-state index < -0.39 is 12.0 Å². The number of hydrogen-bond acceptors (Lipinski definition) is 8. The van der Waals surface area contributed by atoms with E-state index in [9.17, 15) is 14.7 Å². The minimum atomic E-state index is -0.513. The monoisotopic (exact) mass is 388 g/mol. The zero-order chi connectivity index (χ0) is 19.6. The lowest BCUT2D eigenvalue weighted by Crippen LogP contribution is -2.37. The van der Waals surface area contributed by atoms with Gasteiger partial charge in [-0.3, -0.25) is 4.79 Å². The van der Waals surface area contributed by atoms with Crippen molar-refractivity contribution in [1.29, 1.82) is 0 Å². The molecular formula is C19H20N2O5S. The van der Waals surface area contributed by atoms with E-state index in [2.05, 4.69) is 4.99 Å². The predicted octanol–water partition coefficient (Wildman–Crippen LogP) is 3.09. The van der Waals surface area contributed by atoms with Gasteiger partial charge in [-0.25, -0.2) is 9.79 Å². The van der Waals surface area contributed by atoms with Crippen molar-refractivity contribution in [3.63, 3.8) is 0 Å². The number of aliphatic imine (C=N–C) groups is 1. The van der Waals surface area contributed by atoms with E-state index in [1.54, 1.807) is 38.1 Å².